The number of aliphatic carboxylic acids is 1. The van der Waals surface area contributed by atoms with Crippen LogP contribution in [0.4, 0.5) is 4.79 Å². The normalized spacial score (nSPS) is 26.0. The number of aliphatic hydroxyl groups is 1. The van der Waals surface area contributed by atoms with E-state index < -0.39 is 18.0 Å². The van der Waals surface area contributed by atoms with Gasteiger partial charge in [-0.2, -0.15) is 0 Å². The molecule has 0 aromatic heterocycles. The Kier molecular flexibility index (Phi) is 5.21. The molecule has 1 saturated carbocycles. The average molecular weight is 244 g/mol. The number of carbonyl (C=O) groups is 2. The third-order valence-corrected chi connectivity index (χ3v) is 3.04. The number of amides is 2. The van der Waals surface area contributed by atoms with Gasteiger partial charge < -0.3 is 20.8 Å². The molecule has 98 valence electrons. The van der Waals surface area contributed by atoms with E-state index in [0.29, 0.717) is 19.3 Å². The number of urea groups is 1. The van der Waals surface area contributed by atoms with Gasteiger partial charge in [0.05, 0.1) is 6.10 Å². The molecule has 6 nitrogen and oxygen atoms in total. The highest BCUT2D eigenvalue weighted by Crippen LogP contribution is 2.18. The molecule has 0 saturated heterocycles. The van der Waals surface area contributed by atoms with Gasteiger partial charge in [-0.15, -0.1) is 0 Å². The summed E-state index contributed by atoms with van der Waals surface area (Å²) in [7, 11) is 0. The van der Waals surface area contributed by atoms with Gasteiger partial charge in [0, 0.05) is 6.04 Å². The van der Waals surface area contributed by atoms with Crippen molar-refractivity contribution in [2.45, 2.75) is 57.2 Å². The number of hydrogen-bond donors (Lipinski definition) is 4. The van der Waals surface area contributed by atoms with Gasteiger partial charge in [-0.3, -0.25) is 0 Å². The molecule has 0 spiro atoms. The van der Waals surface area contributed by atoms with Crippen LogP contribution in [0, 0.1) is 0 Å². The summed E-state index contributed by atoms with van der Waals surface area (Å²) in [5.74, 6) is -1.03. The van der Waals surface area contributed by atoms with E-state index in [1.807, 2.05) is 0 Å². The Morgan fingerprint density at radius 2 is 1.88 bits per heavy atom. The molecule has 0 radical (unpaired) electrons. The van der Waals surface area contributed by atoms with Crippen LogP contribution in [-0.2, 0) is 4.79 Å². The SMILES string of the molecule is CC[C@@H](NC(=O)NC1CCC(O)CC1)C(=O)O. The fraction of sp³-hybridized carbons (Fsp3) is 0.818. The molecule has 0 aromatic carbocycles. The molecule has 17 heavy (non-hydrogen) atoms. The van der Waals surface area contributed by atoms with Crippen LogP contribution in [0.5, 0.6) is 0 Å². The fourth-order valence-corrected chi connectivity index (χ4v) is 1.94. The monoisotopic (exact) mass is 244 g/mol. The van der Waals surface area contributed by atoms with Gasteiger partial charge in [-0.05, 0) is 32.1 Å². The summed E-state index contributed by atoms with van der Waals surface area (Å²) in [5.41, 5.74) is 0. The first-order chi connectivity index (χ1) is 8.02. The fourth-order valence-electron chi connectivity index (χ4n) is 1.94. The number of nitrogens with one attached hydrogen (secondary N) is 2. The number of hydrogen-bond acceptors (Lipinski definition) is 3. The van der Waals surface area contributed by atoms with Crippen molar-refractivity contribution in [1.82, 2.24) is 10.6 Å². The summed E-state index contributed by atoms with van der Waals surface area (Å²) in [5, 5.41) is 23.2. The molecule has 1 rings (SSSR count). The number of aliphatic hydroxyl groups excluding tert-OH is 1. The van der Waals surface area contributed by atoms with Gasteiger partial charge in [0.1, 0.15) is 6.04 Å². The lowest BCUT2D eigenvalue weighted by Gasteiger charge is -2.26. The van der Waals surface area contributed by atoms with Gasteiger partial charge in [-0.1, -0.05) is 6.92 Å². The molecule has 0 aromatic rings. The van der Waals surface area contributed by atoms with Gasteiger partial charge in [0.2, 0.25) is 0 Å². The molecular formula is C11H20N2O4. The zero-order chi connectivity index (χ0) is 12.8. The zero-order valence-corrected chi connectivity index (χ0v) is 9.98. The first kappa shape index (κ1) is 13.8. The van der Waals surface area contributed by atoms with Crippen LogP contribution < -0.4 is 10.6 Å². The first-order valence-corrected chi connectivity index (χ1v) is 6.00. The maximum atomic E-state index is 11.5. The van der Waals surface area contributed by atoms with Crippen LogP contribution in [0.25, 0.3) is 0 Å². The maximum Gasteiger partial charge on any atom is 0.326 e. The van der Waals surface area contributed by atoms with Crippen LogP contribution in [-0.4, -0.2) is 40.4 Å². The Labute approximate surface area is 100 Å². The summed E-state index contributed by atoms with van der Waals surface area (Å²) in [4.78, 5) is 22.2. The molecule has 0 unspecified atom stereocenters. The summed E-state index contributed by atoms with van der Waals surface area (Å²) >= 11 is 0. The number of carboxylic acid groups (broad SMARTS) is 1. The quantitative estimate of drug-likeness (QED) is 0.577. The highest BCUT2D eigenvalue weighted by molar-refractivity contribution is 5.82. The molecule has 1 atom stereocenters. The van der Waals surface area contributed by atoms with Crippen molar-refractivity contribution < 1.29 is 19.8 Å². The highest BCUT2D eigenvalue weighted by atomic mass is 16.4. The lowest BCUT2D eigenvalue weighted by atomic mass is 9.93. The molecule has 6 heteroatoms. The lowest BCUT2D eigenvalue weighted by Crippen LogP contribution is -2.49. The summed E-state index contributed by atoms with van der Waals surface area (Å²) in [6, 6.07) is -1.26. The Hall–Kier alpha value is -1.30. The van der Waals surface area contributed by atoms with Crippen molar-refractivity contribution >= 4 is 12.0 Å². The van der Waals surface area contributed by atoms with Crippen molar-refractivity contribution in [3.63, 3.8) is 0 Å². The Bertz CT molecular complexity index is 275. The van der Waals surface area contributed by atoms with E-state index in [0.717, 1.165) is 12.8 Å². The van der Waals surface area contributed by atoms with E-state index in [2.05, 4.69) is 10.6 Å². The van der Waals surface area contributed by atoms with Gasteiger partial charge in [-0.25, -0.2) is 9.59 Å². The van der Waals surface area contributed by atoms with Crippen molar-refractivity contribution in [3.8, 4) is 0 Å². The van der Waals surface area contributed by atoms with Crippen LogP contribution in [0.1, 0.15) is 39.0 Å². The molecule has 0 heterocycles. The van der Waals surface area contributed by atoms with Gasteiger partial charge in [0.25, 0.3) is 0 Å². The predicted molar refractivity (Wildman–Crippen MR) is 61.6 cm³/mol. The van der Waals surface area contributed by atoms with Crippen molar-refractivity contribution in [2.75, 3.05) is 0 Å². The largest absolute Gasteiger partial charge is 0.480 e. The summed E-state index contributed by atoms with van der Waals surface area (Å²) in [6.45, 7) is 1.70. The molecule has 0 bridgehead atoms. The van der Waals surface area contributed by atoms with Crippen molar-refractivity contribution in [3.05, 3.63) is 0 Å². The van der Waals surface area contributed by atoms with Crippen LogP contribution in [0.15, 0.2) is 0 Å². The van der Waals surface area contributed by atoms with Crippen LogP contribution in [0.2, 0.25) is 0 Å². The number of rotatable bonds is 4. The standard InChI is InChI=1S/C11H20N2O4/c1-2-9(10(15)16)13-11(17)12-7-3-5-8(14)6-4-7/h7-9,14H,2-6H2,1H3,(H,15,16)(H2,12,13,17)/t7?,8?,9-/m1/s1. The van der Waals surface area contributed by atoms with E-state index in [1.165, 1.54) is 0 Å². The lowest BCUT2D eigenvalue weighted by molar-refractivity contribution is -0.139. The van der Waals surface area contributed by atoms with Crippen molar-refractivity contribution in [2.24, 2.45) is 0 Å². The third-order valence-electron chi connectivity index (χ3n) is 3.04. The van der Waals surface area contributed by atoms with E-state index in [1.54, 1.807) is 6.92 Å². The molecule has 1 aliphatic rings. The minimum atomic E-state index is -1.03. The minimum Gasteiger partial charge on any atom is -0.480 e. The number of carbonyl (C=O) groups excluding carboxylic acids is 1. The van der Waals surface area contributed by atoms with E-state index in [4.69, 9.17) is 5.11 Å². The summed E-state index contributed by atoms with van der Waals surface area (Å²) < 4.78 is 0. The molecule has 1 fully saturated rings. The van der Waals surface area contributed by atoms with E-state index in [-0.39, 0.29) is 12.1 Å². The molecular weight excluding hydrogens is 224 g/mol. The van der Waals surface area contributed by atoms with Crippen LogP contribution >= 0.6 is 0 Å². The zero-order valence-electron chi connectivity index (χ0n) is 9.98. The van der Waals surface area contributed by atoms with Gasteiger partial charge in [0.15, 0.2) is 0 Å². The topological polar surface area (TPSA) is 98.7 Å². The third kappa shape index (κ3) is 4.60. The second kappa shape index (κ2) is 6.44. The Morgan fingerprint density at radius 3 is 2.35 bits per heavy atom. The average Bonchev–Trinajstić information content (AvgIpc) is 2.28. The highest BCUT2D eigenvalue weighted by Gasteiger charge is 2.23. The van der Waals surface area contributed by atoms with Crippen LogP contribution in [0.3, 0.4) is 0 Å². The van der Waals surface area contributed by atoms with E-state index >= 15 is 0 Å². The minimum absolute atomic E-state index is 0.0321. The smallest absolute Gasteiger partial charge is 0.326 e. The second-order valence-electron chi connectivity index (χ2n) is 4.42. The van der Waals surface area contributed by atoms with Gasteiger partial charge >= 0.3 is 12.0 Å². The predicted octanol–water partition coefficient (Wildman–Crippen LogP) is 0.452. The molecule has 4 N–H and O–H groups in total. The van der Waals surface area contributed by atoms with Crippen molar-refractivity contribution in [1.29, 1.82) is 0 Å². The Balaban J connectivity index is 2.31. The molecule has 2 amide bonds. The summed E-state index contributed by atoms with van der Waals surface area (Å²) in [6.07, 6.45) is 2.92. The number of carboxylic acids is 1. The molecule has 1 aliphatic carbocycles. The maximum absolute atomic E-state index is 11.5. The molecule has 0 aliphatic heterocycles. The Morgan fingerprint density at radius 1 is 1.29 bits per heavy atom. The second-order valence-corrected chi connectivity index (χ2v) is 4.42. The first-order valence-electron chi connectivity index (χ1n) is 6.00. The van der Waals surface area contributed by atoms with E-state index in [9.17, 15) is 14.7 Å².